The van der Waals surface area contributed by atoms with E-state index in [9.17, 15) is 22.8 Å². The first-order valence-electron chi connectivity index (χ1n) is 5.53. The summed E-state index contributed by atoms with van der Waals surface area (Å²) in [7, 11) is 0. The molecule has 0 saturated carbocycles. The summed E-state index contributed by atoms with van der Waals surface area (Å²) in [6, 6.07) is 5.66. The molecule has 7 heteroatoms. The number of imide groups is 1. The third-order valence-electron chi connectivity index (χ3n) is 2.93. The number of anilines is 1. The second kappa shape index (κ2) is 4.17. The molecule has 102 valence electrons. The van der Waals surface area contributed by atoms with E-state index in [2.05, 4.69) is 0 Å². The van der Waals surface area contributed by atoms with Gasteiger partial charge in [-0.2, -0.15) is 13.2 Å². The van der Waals surface area contributed by atoms with E-state index in [1.807, 2.05) is 0 Å². The number of carbonyl (C=O) groups excluding carboxylic acids is 2. The number of nitrogens with zero attached hydrogens (tertiary/aromatic N) is 1. The highest BCUT2D eigenvalue weighted by Crippen LogP contribution is 2.35. The van der Waals surface area contributed by atoms with Crippen LogP contribution in [0.25, 0.3) is 0 Å². The fraction of sp³-hybridized carbons (Fsp3) is 0.0769. The second-order valence-corrected chi connectivity index (χ2v) is 5.07. The van der Waals surface area contributed by atoms with Gasteiger partial charge in [-0.05, 0) is 29.6 Å². The molecular formula is C13H6F3NO2S. The Morgan fingerprint density at radius 1 is 1.05 bits per heavy atom. The molecule has 1 aromatic heterocycles. The van der Waals surface area contributed by atoms with Crippen LogP contribution >= 0.6 is 11.3 Å². The van der Waals surface area contributed by atoms with Gasteiger partial charge in [-0.1, -0.05) is 6.07 Å². The largest absolute Gasteiger partial charge is 0.416 e. The van der Waals surface area contributed by atoms with Gasteiger partial charge in [0.25, 0.3) is 11.8 Å². The van der Waals surface area contributed by atoms with Crippen LogP contribution in [0.3, 0.4) is 0 Å². The minimum absolute atomic E-state index is 0.0711. The summed E-state index contributed by atoms with van der Waals surface area (Å²) in [6.07, 6.45) is -4.52. The van der Waals surface area contributed by atoms with Crippen molar-refractivity contribution in [3.05, 3.63) is 51.7 Å². The van der Waals surface area contributed by atoms with Crippen LogP contribution in [0.5, 0.6) is 0 Å². The fourth-order valence-corrected chi connectivity index (χ4v) is 2.83. The molecule has 1 aliphatic heterocycles. The van der Waals surface area contributed by atoms with E-state index >= 15 is 0 Å². The highest BCUT2D eigenvalue weighted by Gasteiger charge is 2.39. The third-order valence-corrected chi connectivity index (χ3v) is 3.83. The molecule has 3 nitrogen and oxygen atoms in total. The van der Waals surface area contributed by atoms with Crippen LogP contribution in [0, 0.1) is 0 Å². The smallest absolute Gasteiger partial charge is 0.268 e. The summed E-state index contributed by atoms with van der Waals surface area (Å²) in [5.41, 5.74) is -0.735. The van der Waals surface area contributed by atoms with Crippen molar-refractivity contribution in [2.75, 3.05) is 4.90 Å². The molecule has 0 bridgehead atoms. The van der Waals surface area contributed by atoms with E-state index in [0.29, 0.717) is 0 Å². The molecule has 0 spiro atoms. The van der Waals surface area contributed by atoms with Crippen LogP contribution < -0.4 is 4.90 Å². The van der Waals surface area contributed by atoms with Crippen molar-refractivity contribution in [1.29, 1.82) is 0 Å². The van der Waals surface area contributed by atoms with E-state index in [4.69, 9.17) is 0 Å². The van der Waals surface area contributed by atoms with Gasteiger partial charge in [0.1, 0.15) is 4.88 Å². The second-order valence-electron chi connectivity index (χ2n) is 4.16. The normalized spacial score (nSPS) is 14.8. The van der Waals surface area contributed by atoms with Crippen molar-refractivity contribution < 1.29 is 22.8 Å². The zero-order valence-corrected chi connectivity index (χ0v) is 10.6. The number of halogens is 3. The molecule has 1 aliphatic rings. The zero-order valence-electron chi connectivity index (χ0n) is 9.77. The fourth-order valence-electron chi connectivity index (χ4n) is 2.01. The summed E-state index contributed by atoms with van der Waals surface area (Å²) in [4.78, 5) is 25.2. The molecule has 2 aromatic rings. The van der Waals surface area contributed by atoms with Gasteiger partial charge in [0.15, 0.2) is 0 Å². The van der Waals surface area contributed by atoms with E-state index in [-0.39, 0.29) is 16.1 Å². The Bertz CT molecular complexity index is 690. The number of thiophene rings is 1. The van der Waals surface area contributed by atoms with Gasteiger partial charge >= 0.3 is 6.18 Å². The highest BCUT2D eigenvalue weighted by molar-refractivity contribution is 7.13. The van der Waals surface area contributed by atoms with Crippen molar-refractivity contribution in [2.24, 2.45) is 0 Å². The SMILES string of the molecule is O=C1c2ccsc2C(=O)N1c1cccc(C(F)(F)F)c1. The van der Waals surface area contributed by atoms with Crippen molar-refractivity contribution in [3.8, 4) is 0 Å². The lowest BCUT2D eigenvalue weighted by Gasteiger charge is -2.16. The highest BCUT2D eigenvalue weighted by atomic mass is 32.1. The number of fused-ring (bicyclic) bond motifs is 1. The van der Waals surface area contributed by atoms with Gasteiger partial charge in [0, 0.05) is 0 Å². The van der Waals surface area contributed by atoms with Gasteiger partial charge in [-0.25, -0.2) is 4.90 Å². The molecule has 0 aliphatic carbocycles. The Morgan fingerprint density at radius 3 is 2.45 bits per heavy atom. The summed E-state index contributed by atoms with van der Waals surface area (Å²) >= 11 is 1.10. The molecule has 2 heterocycles. The predicted molar refractivity (Wildman–Crippen MR) is 66.9 cm³/mol. The molecule has 2 amide bonds. The van der Waals surface area contributed by atoms with Crippen LogP contribution in [-0.2, 0) is 6.18 Å². The summed E-state index contributed by atoms with van der Waals surface area (Å²) in [6.45, 7) is 0. The van der Waals surface area contributed by atoms with E-state index < -0.39 is 23.6 Å². The third kappa shape index (κ3) is 1.82. The first kappa shape index (κ1) is 12.9. The molecule has 0 unspecified atom stereocenters. The Balaban J connectivity index is 2.05. The van der Waals surface area contributed by atoms with E-state index in [1.165, 1.54) is 18.2 Å². The average molecular weight is 297 g/mol. The van der Waals surface area contributed by atoms with Crippen LogP contribution in [-0.4, -0.2) is 11.8 Å². The Labute approximate surface area is 115 Å². The van der Waals surface area contributed by atoms with E-state index in [0.717, 1.165) is 28.4 Å². The van der Waals surface area contributed by atoms with Crippen LogP contribution in [0.4, 0.5) is 18.9 Å². The first-order valence-corrected chi connectivity index (χ1v) is 6.41. The maximum absolute atomic E-state index is 12.7. The quantitative estimate of drug-likeness (QED) is 0.755. The molecule has 0 radical (unpaired) electrons. The number of hydrogen-bond acceptors (Lipinski definition) is 3. The number of alkyl halides is 3. The Kier molecular flexibility index (Phi) is 2.68. The number of benzene rings is 1. The summed E-state index contributed by atoms with van der Waals surface area (Å²) in [5, 5.41) is 1.60. The number of amides is 2. The number of carbonyl (C=O) groups is 2. The molecule has 0 N–H and O–H groups in total. The predicted octanol–water partition coefficient (Wildman–Crippen LogP) is 3.57. The molecule has 0 atom stereocenters. The maximum atomic E-state index is 12.7. The minimum Gasteiger partial charge on any atom is -0.268 e. The Morgan fingerprint density at radius 2 is 1.80 bits per heavy atom. The Hall–Kier alpha value is -2.15. The standard InChI is InChI=1S/C13H6F3NO2S/c14-13(15,16)7-2-1-3-8(6-7)17-11(18)9-4-5-20-10(9)12(17)19/h1-6H. The molecule has 1 aromatic carbocycles. The topological polar surface area (TPSA) is 37.4 Å². The summed E-state index contributed by atoms with van der Waals surface area (Å²) in [5.74, 6) is -1.18. The van der Waals surface area contributed by atoms with Crippen molar-refractivity contribution >= 4 is 28.8 Å². The van der Waals surface area contributed by atoms with Gasteiger partial charge < -0.3 is 0 Å². The van der Waals surface area contributed by atoms with Gasteiger partial charge in [-0.15, -0.1) is 11.3 Å². The maximum Gasteiger partial charge on any atom is 0.416 e. The van der Waals surface area contributed by atoms with Crippen LogP contribution in [0.2, 0.25) is 0 Å². The van der Waals surface area contributed by atoms with Gasteiger partial charge in [0.2, 0.25) is 0 Å². The lowest BCUT2D eigenvalue weighted by atomic mass is 10.2. The minimum atomic E-state index is -4.52. The molecule has 3 rings (SSSR count). The summed E-state index contributed by atoms with van der Waals surface area (Å²) < 4.78 is 38.0. The molecule has 20 heavy (non-hydrogen) atoms. The molecular weight excluding hydrogens is 291 g/mol. The lowest BCUT2D eigenvalue weighted by Crippen LogP contribution is -2.29. The average Bonchev–Trinajstić information content (AvgIpc) is 2.94. The monoisotopic (exact) mass is 297 g/mol. The van der Waals surface area contributed by atoms with Crippen molar-refractivity contribution in [1.82, 2.24) is 0 Å². The first-order chi connectivity index (χ1) is 9.39. The van der Waals surface area contributed by atoms with Gasteiger partial charge in [-0.3, -0.25) is 9.59 Å². The van der Waals surface area contributed by atoms with Crippen molar-refractivity contribution in [3.63, 3.8) is 0 Å². The van der Waals surface area contributed by atoms with Crippen molar-refractivity contribution in [2.45, 2.75) is 6.18 Å². The number of hydrogen-bond donors (Lipinski definition) is 0. The van der Waals surface area contributed by atoms with Crippen LogP contribution in [0.15, 0.2) is 35.7 Å². The van der Waals surface area contributed by atoms with E-state index in [1.54, 1.807) is 5.38 Å². The molecule has 0 fully saturated rings. The van der Waals surface area contributed by atoms with Crippen LogP contribution in [0.1, 0.15) is 25.6 Å². The lowest BCUT2D eigenvalue weighted by molar-refractivity contribution is -0.137. The zero-order chi connectivity index (χ0) is 14.5. The molecule has 0 saturated heterocycles. The number of rotatable bonds is 1. The van der Waals surface area contributed by atoms with Gasteiger partial charge in [0.05, 0.1) is 16.8 Å².